The molecule has 28 heavy (non-hydrogen) atoms. The van der Waals surface area contributed by atoms with E-state index in [1.807, 2.05) is 0 Å². The Kier molecular flexibility index (Phi) is 6.63. The topological polar surface area (TPSA) is 109 Å². The van der Waals surface area contributed by atoms with Gasteiger partial charge < -0.3 is 5.32 Å². The Balaban J connectivity index is 1.98. The maximum absolute atomic E-state index is 12.3. The van der Waals surface area contributed by atoms with Crippen molar-refractivity contribution < 1.29 is 21.6 Å². The van der Waals surface area contributed by atoms with E-state index < -0.39 is 31.3 Å². The number of anilines is 1. The van der Waals surface area contributed by atoms with E-state index in [0.29, 0.717) is 5.69 Å². The van der Waals surface area contributed by atoms with Crippen molar-refractivity contribution in [2.45, 2.75) is 42.5 Å². The van der Waals surface area contributed by atoms with Crippen molar-refractivity contribution in [3.63, 3.8) is 0 Å². The molecule has 2 rings (SSSR count). The summed E-state index contributed by atoms with van der Waals surface area (Å²) in [6.07, 6.45) is -0.205. The van der Waals surface area contributed by atoms with Crippen LogP contribution in [0.5, 0.6) is 0 Å². The monoisotopic (exact) mass is 424 g/mol. The Hall–Kier alpha value is -2.23. The highest BCUT2D eigenvalue weighted by molar-refractivity contribution is 7.91. The molecule has 0 aliphatic carbocycles. The Morgan fingerprint density at radius 2 is 1.43 bits per heavy atom. The van der Waals surface area contributed by atoms with Gasteiger partial charge in [0.05, 0.1) is 15.5 Å². The van der Waals surface area contributed by atoms with Crippen LogP contribution >= 0.6 is 0 Å². The Morgan fingerprint density at radius 3 is 1.96 bits per heavy atom. The third kappa shape index (κ3) is 6.43. The van der Waals surface area contributed by atoms with Gasteiger partial charge in [0.15, 0.2) is 9.84 Å². The first kappa shape index (κ1) is 22.1. The van der Waals surface area contributed by atoms with E-state index in [4.69, 9.17) is 0 Å². The molecule has 0 atom stereocenters. The highest BCUT2D eigenvalue weighted by Gasteiger charge is 2.22. The standard InChI is InChI=1S/C19H24N2O5S2/c1-19(2,3)21-28(25,26)17-11-9-15(10-12-17)20-18(22)13-14-27(23,24)16-7-5-4-6-8-16/h4-12,21H,13-14H2,1-3H3,(H,20,22). The van der Waals surface area contributed by atoms with Crippen molar-refractivity contribution in [1.29, 1.82) is 0 Å². The minimum absolute atomic E-state index is 0.0760. The molecular formula is C19H24N2O5S2. The van der Waals surface area contributed by atoms with Crippen LogP contribution in [0.15, 0.2) is 64.4 Å². The van der Waals surface area contributed by atoms with Gasteiger partial charge in [0, 0.05) is 17.6 Å². The number of hydrogen-bond donors (Lipinski definition) is 2. The van der Waals surface area contributed by atoms with Crippen molar-refractivity contribution in [2.24, 2.45) is 0 Å². The summed E-state index contributed by atoms with van der Waals surface area (Å²) in [5.74, 6) is -0.784. The molecule has 152 valence electrons. The fourth-order valence-corrected chi connectivity index (χ4v) is 5.06. The molecule has 0 unspecified atom stereocenters. The Bertz CT molecular complexity index is 1020. The zero-order chi connectivity index (χ0) is 21.0. The van der Waals surface area contributed by atoms with Gasteiger partial charge in [0.2, 0.25) is 15.9 Å². The van der Waals surface area contributed by atoms with E-state index >= 15 is 0 Å². The summed E-state index contributed by atoms with van der Waals surface area (Å²) in [5.41, 5.74) is -0.229. The van der Waals surface area contributed by atoms with Crippen LogP contribution in [0.2, 0.25) is 0 Å². The lowest BCUT2D eigenvalue weighted by molar-refractivity contribution is -0.115. The molecule has 7 nitrogen and oxygen atoms in total. The van der Waals surface area contributed by atoms with Crippen LogP contribution in [0.25, 0.3) is 0 Å². The molecule has 2 aromatic carbocycles. The van der Waals surface area contributed by atoms with Gasteiger partial charge in [-0.3, -0.25) is 4.79 Å². The summed E-state index contributed by atoms with van der Waals surface area (Å²) in [6, 6.07) is 13.6. The van der Waals surface area contributed by atoms with Gasteiger partial charge in [0.25, 0.3) is 0 Å². The highest BCUT2D eigenvalue weighted by atomic mass is 32.2. The minimum Gasteiger partial charge on any atom is -0.326 e. The van der Waals surface area contributed by atoms with Crippen molar-refractivity contribution >= 4 is 31.5 Å². The molecule has 2 N–H and O–H groups in total. The van der Waals surface area contributed by atoms with Crippen LogP contribution in [0.4, 0.5) is 5.69 Å². The molecule has 0 aliphatic heterocycles. The van der Waals surface area contributed by atoms with Crippen LogP contribution in [-0.4, -0.2) is 34.0 Å². The predicted molar refractivity (Wildman–Crippen MR) is 108 cm³/mol. The molecule has 0 radical (unpaired) electrons. The van der Waals surface area contributed by atoms with Gasteiger partial charge in [-0.05, 0) is 57.2 Å². The Morgan fingerprint density at radius 1 is 0.857 bits per heavy atom. The summed E-state index contributed by atoms with van der Waals surface area (Å²) < 4.78 is 51.5. The van der Waals surface area contributed by atoms with Crippen molar-refractivity contribution in [3.05, 3.63) is 54.6 Å². The molecule has 0 aliphatic rings. The fourth-order valence-electron chi connectivity index (χ4n) is 2.38. The van der Waals surface area contributed by atoms with Gasteiger partial charge in [-0.2, -0.15) is 0 Å². The molecule has 0 fully saturated rings. The molecule has 1 amide bonds. The summed E-state index contributed by atoms with van der Waals surface area (Å²) in [4.78, 5) is 12.3. The van der Waals surface area contributed by atoms with E-state index in [9.17, 15) is 21.6 Å². The third-order valence-corrected chi connectivity index (χ3v) is 7.09. The number of rotatable bonds is 7. The number of carbonyl (C=O) groups is 1. The smallest absolute Gasteiger partial charge is 0.241 e. The zero-order valence-electron chi connectivity index (χ0n) is 16.0. The van der Waals surface area contributed by atoms with E-state index in [1.54, 1.807) is 39.0 Å². The van der Waals surface area contributed by atoms with Crippen LogP contribution in [-0.2, 0) is 24.7 Å². The number of sulfone groups is 1. The molecular weight excluding hydrogens is 400 g/mol. The molecule has 0 saturated carbocycles. The summed E-state index contributed by atoms with van der Waals surface area (Å²) in [5, 5.41) is 2.57. The zero-order valence-corrected chi connectivity index (χ0v) is 17.6. The normalized spacial score (nSPS) is 12.5. The largest absolute Gasteiger partial charge is 0.326 e. The second kappa shape index (κ2) is 8.42. The van der Waals surface area contributed by atoms with Crippen LogP contribution in [0.3, 0.4) is 0 Å². The minimum atomic E-state index is -3.67. The van der Waals surface area contributed by atoms with Crippen LogP contribution in [0.1, 0.15) is 27.2 Å². The first-order valence-corrected chi connectivity index (χ1v) is 11.7. The highest BCUT2D eigenvalue weighted by Crippen LogP contribution is 2.17. The molecule has 2 aromatic rings. The summed E-state index contributed by atoms with van der Waals surface area (Å²) >= 11 is 0. The lowest BCUT2D eigenvalue weighted by atomic mass is 10.1. The van der Waals surface area contributed by atoms with Crippen molar-refractivity contribution in [3.8, 4) is 0 Å². The maximum atomic E-state index is 12.3. The lowest BCUT2D eigenvalue weighted by Gasteiger charge is -2.20. The van der Waals surface area contributed by atoms with E-state index in [0.717, 1.165) is 0 Å². The van der Waals surface area contributed by atoms with Crippen molar-refractivity contribution in [2.75, 3.05) is 11.1 Å². The summed E-state index contributed by atoms with van der Waals surface area (Å²) in [6.45, 7) is 5.22. The lowest BCUT2D eigenvalue weighted by Crippen LogP contribution is -2.40. The van der Waals surface area contributed by atoms with Gasteiger partial charge in [-0.15, -0.1) is 0 Å². The molecule has 0 heterocycles. The summed E-state index contributed by atoms with van der Waals surface area (Å²) in [7, 11) is -7.20. The second-order valence-corrected chi connectivity index (χ2v) is 11.1. The number of benzene rings is 2. The van der Waals surface area contributed by atoms with Gasteiger partial charge >= 0.3 is 0 Å². The van der Waals surface area contributed by atoms with Crippen molar-refractivity contribution in [1.82, 2.24) is 4.72 Å². The number of nitrogens with one attached hydrogen (secondary N) is 2. The fraction of sp³-hybridized carbons (Fsp3) is 0.316. The van der Waals surface area contributed by atoms with Crippen LogP contribution < -0.4 is 10.0 Å². The number of amides is 1. The molecule has 9 heteroatoms. The number of carbonyl (C=O) groups excluding carboxylic acids is 1. The first-order chi connectivity index (χ1) is 12.9. The van der Waals surface area contributed by atoms with Gasteiger partial charge in [-0.25, -0.2) is 21.6 Å². The second-order valence-electron chi connectivity index (χ2n) is 7.31. The molecule has 0 saturated heterocycles. The number of hydrogen-bond acceptors (Lipinski definition) is 5. The van der Waals surface area contributed by atoms with Crippen LogP contribution in [0, 0.1) is 0 Å². The molecule has 0 spiro atoms. The number of sulfonamides is 1. The SMILES string of the molecule is CC(C)(C)NS(=O)(=O)c1ccc(NC(=O)CCS(=O)(=O)c2ccccc2)cc1. The maximum Gasteiger partial charge on any atom is 0.241 e. The van der Waals surface area contributed by atoms with Gasteiger partial charge in [0.1, 0.15) is 0 Å². The van der Waals surface area contributed by atoms with E-state index in [1.165, 1.54) is 36.4 Å². The van der Waals surface area contributed by atoms with Gasteiger partial charge in [-0.1, -0.05) is 18.2 Å². The average Bonchev–Trinajstić information content (AvgIpc) is 2.59. The first-order valence-electron chi connectivity index (χ1n) is 8.61. The average molecular weight is 425 g/mol. The van der Waals surface area contributed by atoms with E-state index in [-0.39, 0.29) is 22.0 Å². The molecule has 0 bridgehead atoms. The molecule has 0 aromatic heterocycles. The quantitative estimate of drug-likeness (QED) is 0.710. The third-order valence-electron chi connectivity index (χ3n) is 3.59. The Labute approximate surface area is 166 Å². The predicted octanol–water partition coefficient (Wildman–Crippen LogP) is 2.57. The van der Waals surface area contributed by atoms with E-state index in [2.05, 4.69) is 10.0 Å².